The van der Waals surface area contributed by atoms with Gasteiger partial charge in [0.1, 0.15) is 0 Å². The summed E-state index contributed by atoms with van der Waals surface area (Å²) in [5.74, 6) is 0. The molecular formula is C19H28N4. The van der Waals surface area contributed by atoms with Crippen LogP contribution in [0.15, 0.2) is 67.2 Å². The molecule has 1 saturated heterocycles. The van der Waals surface area contributed by atoms with E-state index in [0.29, 0.717) is 18.3 Å². The van der Waals surface area contributed by atoms with Crippen LogP contribution in [0.1, 0.15) is 18.4 Å². The third-order valence-electron chi connectivity index (χ3n) is 3.69. The molecule has 4 heteroatoms. The zero-order valence-corrected chi connectivity index (χ0v) is 14.0. The van der Waals surface area contributed by atoms with Crippen molar-refractivity contribution in [3.05, 3.63) is 72.7 Å². The zero-order valence-electron chi connectivity index (χ0n) is 14.0. The van der Waals surface area contributed by atoms with Crippen LogP contribution >= 0.6 is 0 Å². The van der Waals surface area contributed by atoms with Crippen molar-refractivity contribution in [3.8, 4) is 0 Å². The van der Waals surface area contributed by atoms with E-state index < -0.39 is 0 Å². The van der Waals surface area contributed by atoms with E-state index in [4.69, 9.17) is 11.1 Å². The van der Waals surface area contributed by atoms with Crippen molar-refractivity contribution in [2.75, 3.05) is 13.1 Å². The van der Waals surface area contributed by atoms with Gasteiger partial charge in [-0.15, -0.1) is 0 Å². The lowest BCUT2D eigenvalue weighted by Crippen LogP contribution is -2.33. The molecule has 4 nitrogen and oxygen atoms in total. The van der Waals surface area contributed by atoms with Gasteiger partial charge >= 0.3 is 0 Å². The van der Waals surface area contributed by atoms with E-state index in [1.54, 1.807) is 6.08 Å². The molecule has 2 rings (SSSR count). The Labute approximate surface area is 139 Å². The lowest BCUT2D eigenvalue weighted by atomic mass is 10.1. The first-order valence-electron chi connectivity index (χ1n) is 7.86. The third kappa shape index (κ3) is 6.87. The predicted octanol–water partition coefficient (Wildman–Crippen LogP) is 3.18. The van der Waals surface area contributed by atoms with Gasteiger partial charge in [-0.1, -0.05) is 49.1 Å². The molecule has 1 aromatic carbocycles. The minimum Gasteiger partial charge on any atom is -0.401 e. The number of rotatable bonds is 6. The fourth-order valence-electron chi connectivity index (χ4n) is 2.42. The Balaban J connectivity index is 0.000000313. The number of benzene rings is 1. The molecule has 0 bridgehead atoms. The van der Waals surface area contributed by atoms with Crippen LogP contribution in [0.25, 0.3) is 0 Å². The van der Waals surface area contributed by atoms with E-state index in [9.17, 15) is 0 Å². The van der Waals surface area contributed by atoms with Gasteiger partial charge in [0.25, 0.3) is 0 Å². The molecule has 23 heavy (non-hydrogen) atoms. The first kappa shape index (κ1) is 18.6. The second-order valence-electron chi connectivity index (χ2n) is 5.52. The Hall–Kier alpha value is -2.49. The molecule has 1 atom stereocenters. The first-order chi connectivity index (χ1) is 11.1. The van der Waals surface area contributed by atoms with Crippen molar-refractivity contribution < 1.29 is 0 Å². The molecule has 1 aliphatic heterocycles. The maximum absolute atomic E-state index is 6.89. The number of nitrogens with one attached hydrogen (secondary N) is 2. The summed E-state index contributed by atoms with van der Waals surface area (Å²) in [6.07, 6.45) is 6.89. The van der Waals surface area contributed by atoms with E-state index in [1.165, 1.54) is 18.2 Å². The highest BCUT2D eigenvalue weighted by Crippen LogP contribution is 2.21. The van der Waals surface area contributed by atoms with Crippen molar-refractivity contribution in [3.63, 3.8) is 0 Å². The van der Waals surface area contributed by atoms with Gasteiger partial charge in [-0.25, -0.2) is 0 Å². The first-order valence-corrected chi connectivity index (χ1v) is 7.86. The van der Waals surface area contributed by atoms with Gasteiger partial charge in [0.2, 0.25) is 0 Å². The van der Waals surface area contributed by atoms with E-state index in [-0.39, 0.29) is 0 Å². The largest absolute Gasteiger partial charge is 0.401 e. The maximum atomic E-state index is 6.89. The fraction of sp³-hybridized carbons (Fsp3) is 0.316. The SMILES string of the molecule is C=CN1CCCC1C(=C)NC/C(N)=C/C=N.Cc1ccccc1. The molecule has 1 heterocycles. The highest BCUT2D eigenvalue weighted by Gasteiger charge is 2.23. The quantitative estimate of drug-likeness (QED) is 0.707. The monoisotopic (exact) mass is 312 g/mol. The highest BCUT2D eigenvalue weighted by molar-refractivity contribution is 5.68. The minimum atomic E-state index is 0.324. The van der Waals surface area contributed by atoms with Crippen LogP contribution in [0, 0.1) is 12.3 Å². The third-order valence-corrected chi connectivity index (χ3v) is 3.69. The number of nitrogens with two attached hydrogens (primary N) is 1. The Morgan fingerprint density at radius 3 is 2.65 bits per heavy atom. The molecule has 0 radical (unpaired) electrons. The number of aryl methyl sites for hydroxylation is 1. The molecule has 124 valence electrons. The predicted molar refractivity (Wildman–Crippen MR) is 99.3 cm³/mol. The van der Waals surface area contributed by atoms with Crippen molar-refractivity contribution in [2.45, 2.75) is 25.8 Å². The molecule has 1 unspecified atom stereocenters. The van der Waals surface area contributed by atoms with Crippen molar-refractivity contribution in [2.24, 2.45) is 5.73 Å². The van der Waals surface area contributed by atoms with Crippen LogP contribution in [0.2, 0.25) is 0 Å². The van der Waals surface area contributed by atoms with Gasteiger partial charge in [0, 0.05) is 24.2 Å². The Morgan fingerprint density at radius 2 is 2.13 bits per heavy atom. The minimum absolute atomic E-state index is 0.324. The van der Waals surface area contributed by atoms with Crippen molar-refractivity contribution >= 4 is 6.21 Å². The number of likely N-dealkylation sites (tertiary alicyclic amines) is 1. The van der Waals surface area contributed by atoms with Crippen LogP contribution < -0.4 is 11.1 Å². The van der Waals surface area contributed by atoms with Crippen LogP contribution in [-0.2, 0) is 0 Å². The summed E-state index contributed by atoms with van der Waals surface area (Å²) < 4.78 is 0. The van der Waals surface area contributed by atoms with E-state index in [1.807, 2.05) is 24.4 Å². The van der Waals surface area contributed by atoms with Gasteiger partial charge in [-0.3, -0.25) is 0 Å². The number of hydrogen-bond acceptors (Lipinski definition) is 4. The van der Waals surface area contributed by atoms with Gasteiger partial charge in [0.15, 0.2) is 0 Å². The molecule has 1 aromatic rings. The van der Waals surface area contributed by atoms with E-state index in [0.717, 1.165) is 18.7 Å². The number of hydrogen-bond donors (Lipinski definition) is 3. The average Bonchev–Trinajstić information content (AvgIpc) is 3.03. The summed E-state index contributed by atoms with van der Waals surface area (Å²) in [4.78, 5) is 2.19. The summed E-state index contributed by atoms with van der Waals surface area (Å²) in [5.41, 5.74) is 8.60. The second kappa shape index (κ2) is 10.3. The lowest BCUT2D eigenvalue weighted by molar-refractivity contribution is 0.377. The molecule has 1 fully saturated rings. The van der Waals surface area contributed by atoms with Crippen LogP contribution in [0.4, 0.5) is 0 Å². The van der Waals surface area contributed by atoms with Crippen LogP contribution in [0.5, 0.6) is 0 Å². The van der Waals surface area contributed by atoms with E-state index >= 15 is 0 Å². The fourth-order valence-corrected chi connectivity index (χ4v) is 2.42. The molecule has 0 spiro atoms. The van der Waals surface area contributed by atoms with Gasteiger partial charge < -0.3 is 21.4 Å². The molecule has 0 saturated carbocycles. The van der Waals surface area contributed by atoms with Crippen LogP contribution in [0.3, 0.4) is 0 Å². The van der Waals surface area contributed by atoms with Crippen LogP contribution in [-0.4, -0.2) is 30.2 Å². The average molecular weight is 312 g/mol. The summed E-state index contributed by atoms with van der Waals surface area (Å²) >= 11 is 0. The number of nitrogens with zero attached hydrogens (tertiary/aromatic N) is 1. The lowest BCUT2D eigenvalue weighted by Gasteiger charge is -2.25. The summed E-state index contributed by atoms with van der Waals surface area (Å²) in [6, 6.07) is 10.6. The Bertz CT molecular complexity index is 534. The normalized spacial score (nSPS) is 17.0. The molecule has 4 N–H and O–H groups in total. The summed E-state index contributed by atoms with van der Waals surface area (Å²) in [5, 5.41) is 10.1. The smallest absolute Gasteiger partial charge is 0.0677 e. The molecule has 0 aliphatic carbocycles. The highest BCUT2D eigenvalue weighted by atomic mass is 15.2. The van der Waals surface area contributed by atoms with Gasteiger partial charge in [-0.05, 0) is 32.0 Å². The van der Waals surface area contributed by atoms with Gasteiger partial charge in [0.05, 0.1) is 12.6 Å². The molecule has 0 aromatic heterocycles. The van der Waals surface area contributed by atoms with E-state index in [2.05, 4.69) is 42.4 Å². The topological polar surface area (TPSA) is 65.1 Å². The van der Waals surface area contributed by atoms with Crippen molar-refractivity contribution in [1.29, 1.82) is 5.41 Å². The standard InChI is InChI=1S/C12H20N4.C7H8/c1-3-16-8-4-5-12(16)10(2)15-9-11(14)6-7-13;1-7-5-3-2-4-6-7/h3,6-7,12-13,15H,1-2,4-5,8-9,14H2;2-6H,1H3/b11-6-,13-7?;. The molecule has 0 amide bonds. The molecular weight excluding hydrogens is 284 g/mol. The summed E-state index contributed by atoms with van der Waals surface area (Å²) in [7, 11) is 0. The Kier molecular flexibility index (Phi) is 8.29. The summed E-state index contributed by atoms with van der Waals surface area (Å²) in [6.45, 7) is 11.5. The van der Waals surface area contributed by atoms with Gasteiger partial charge in [-0.2, -0.15) is 0 Å². The molecule has 1 aliphatic rings. The number of allylic oxidation sites excluding steroid dienone is 1. The zero-order chi connectivity index (χ0) is 17.1. The second-order valence-corrected chi connectivity index (χ2v) is 5.52. The maximum Gasteiger partial charge on any atom is 0.0677 e. The van der Waals surface area contributed by atoms with Crippen molar-refractivity contribution in [1.82, 2.24) is 10.2 Å². The Morgan fingerprint density at radius 1 is 1.43 bits per heavy atom.